The van der Waals surface area contributed by atoms with E-state index in [1.807, 2.05) is 91.0 Å². The second-order valence-corrected chi connectivity index (χ2v) is 9.52. The van der Waals surface area contributed by atoms with Crippen LogP contribution in [0, 0.1) is 0 Å². The standard InChI is InChI=1S/C31H33N3O4/c35-28-19-18-27(34(28)22-25-15-8-3-9-16-25)30(37)33-26(21-24-13-6-2-7-14-24)29(36)31(38)32-20-10-17-23-11-4-1-5-12-23/h1-9,11-16,26-27H,10,17-22H2,(H,32,38)(H,33,37)/t26?,27-/m0/s1. The zero-order chi connectivity index (χ0) is 26.7. The monoisotopic (exact) mass is 511 g/mol. The first-order valence-corrected chi connectivity index (χ1v) is 13.0. The van der Waals surface area contributed by atoms with Crippen LogP contribution in [0.1, 0.15) is 36.0 Å². The number of benzene rings is 3. The van der Waals surface area contributed by atoms with Crippen molar-refractivity contribution in [2.24, 2.45) is 0 Å². The Hall–Kier alpha value is -4.26. The molecule has 1 unspecified atom stereocenters. The molecule has 0 saturated carbocycles. The number of carbonyl (C=O) groups excluding carboxylic acids is 4. The smallest absolute Gasteiger partial charge is 0.289 e. The molecule has 4 rings (SSSR count). The summed E-state index contributed by atoms with van der Waals surface area (Å²) in [7, 11) is 0. The van der Waals surface area contributed by atoms with Gasteiger partial charge in [-0.15, -0.1) is 0 Å². The van der Waals surface area contributed by atoms with Gasteiger partial charge in [0.1, 0.15) is 12.1 Å². The van der Waals surface area contributed by atoms with Crippen LogP contribution in [-0.2, 0) is 38.6 Å². The quantitative estimate of drug-likeness (QED) is 0.288. The van der Waals surface area contributed by atoms with Gasteiger partial charge in [0.2, 0.25) is 17.6 Å². The van der Waals surface area contributed by atoms with Gasteiger partial charge in [0.05, 0.1) is 0 Å². The van der Waals surface area contributed by atoms with E-state index in [9.17, 15) is 19.2 Å². The molecule has 38 heavy (non-hydrogen) atoms. The molecule has 0 aromatic heterocycles. The van der Waals surface area contributed by atoms with E-state index >= 15 is 0 Å². The Bertz CT molecular complexity index is 1230. The first kappa shape index (κ1) is 26.8. The van der Waals surface area contributed by atoms with Gasteiger partial charge >= 0.3 is 0 Å². The van der Waals surface area contributed by atoms with Crippen LogP contribution < -0.4 is 10.6 Å². The molecule has 7 heteroatoms. The van der Waals surface area contributed by atoms with Crippen molar-refractivity contribution in [3.8, 4) is 0 Å². The fourth-order valence-corrected chi connectivity index (χ4v) is 4.70. The number of hydrogen-bond acceptors (Lipinski definition) is 4. The van der Waals surface area contributed by atoms with Gasteiger partial charge < -0.3 is 15.5 Å². The maximum absolute atomic E-state index is 13.3. The highest BCUT2D eigenvalue weighted by Gasteiger charge is 2.38. The second kappa shape index (κ2) is 13.3. The third-order valence-corrected chi connectivity index (χ3v) is 6.74. The lowest BCUT2D eigenvalue weighted by atomic mass is 10.0. The van der Waals surface area contributed by atoms with E-state index in [4.69, 9.17) is 0 Å². The first-order valence-electron chi connectivity index (χ1n) is 13.0. The predicted octanol–water partition coefficient (Wildman–Crippen LogP) is 3.22. The lowest BCUT2D eigenvalue weighted by Crippen LogP contribution is -2.53. The zero-order valence-corrected chi connectivity index (χ0v) is 21.3. The van der Waals surface area contributed by atoms with E-state index in [2.05, 4.69) is 10.6 Å². The molecule has 1 aliphatic heterocycles. The summed E-state index contributed by atoms with van der Waals surface area (Å²) in [6.45, 7) is 0.671. The van der Waals surface area contributed by atoms with E-state index < -0.39 is 29.7 Å². The van der Waals surface area contributed by atoms with Crippen molar-refractivity contribution >= 4 is 23.5 Å². The number of Topliss-reactive ketones (excluding diaryl/α,β-unsaturated/α-hetero) is 1. The molecule has 2 N–H and O–H groups in total. The lowest BCUT2D eigenvalue weighted by molar-refractivity contribution is -0.141. The molecule has 0 bridgehead atoms. The van der Waals surface area contributed by atoms with Gasteiger partial charge in [-0.1, -0.05) is 91.0 Å². The third-order valence-electron chi connectivity index (χ3n) is 6.74. The van der Waals surface area contributed by atoms with Crippen molar-refractivity contribution in [3.63, 3.8) is 0 Å². The van der Waals surface area contributed by atoms with Crippen LogP contribution in [0.5, 0.6) is 0 Å². The Morgan fingerprint density at radius 3 is 2.03 bits per heavy atom. The van der Waals surface area contributed by atoms with Crippen molar-refractivity contribution in [2.45, 2.75) is 50.7 Å². The first-order chi connectivity index (χ1) is 18.5. The van der Waals surface area contributed by atoms with Crippen molar-refractivity contribution < 1.29 is 19.2 Å². The number of aryl methyl sites for hydroxylation is 1. The number of ketones is 1. The second-order valence-electron chi connectivity index (χ2n) is 9.52. The van der Waals surface area contributed by atoms with Gasteiger partial charge in [-0.2, -0.15) is 0 Å². The molecule has 196 valence electrons. The average Bonchev–Trinajstić information content (AvgIpc) is 3.31. The molecule has 3 aromatic carbocycles. The van der Waals surface area contributed by atoms with Crippen molar-refractivity contribution in [1.82, 2.24) is 15.5 Å². The Balaban J connectivity index is 1.40. The van der Waals surface area contributed by atoms with Crippen LogP contribution in [0.3, 0.4) is 0 Å². The summed E-state index contributed by atoms with van der Waals surface area (Å²) in [6, 6.07) is 26.9. The minimum absolute atomic E-state index is 0.101. The number of carbonyl (C=O) groups is 4. The average molecular weight is 512 g/mol. The Morgan fingerprint density at radius 2 is 1.39 bits per heavy atom. The maximum Gasteiger partial charge on any atom is 0.289 e. The van der Waals surface area contributed by atoms with E-state index in [1.54, 1.807) is 4.90 Å². The predicted molar refractivity (Wildman–Crippen MR) is 145 cm³/mol. The van der Waals surface area contributed by atoms with Gasteiger partial charge in [0.15, 0.2) is 0 Å². The van der Waals surface area contributed by atoms with E-state index in [1.165, 1.54) is 0 Å². The molecule has 3 amide bonds. The highest BCUT2D eigenvalue weighted by atomic mass is 16.2. The molecule has 1 fully saturated rings. The summed E-state index contributed by atoms with van der Waals surface area (Å²) in [5, 5.41) is 5.50. The molecule has 0 aliphatic carbocycles. The highest BCUT2D eigenvalue weighted by molar-refractivity contribution is 6.38. The van der Waals surface area contributed by atoms with Crippen molar-refractivity contribution in [3.05, 3.63) is 108 Å². The number of hydrogen-bond donors (Lipinski definition) is 2. The highest BCUT2D eigenvalue weighted by Crippen LogP contribution is 2.22. The minimum atomic E-state index is -1.03. The molecule has 2 atom stereocenters. The maximum atomic E-state index is 13.3. The minimum Gasteiger partial charge on any atom is -0.349 e. The summed E-state index contributed by atoms with van der Waals surface area (Å²) in [5.74, 6) is -1.93. The summed E-state index contributed by atoms with van der Waals surface area (Å²) >= 11 is 0. The molecule has 0 spiro atoms. The molecule has 0 radical (unpaired) electrons. The third kappa shape index (κ3) is 7.38. The normalized spacial score (nSPS) is 15.6. The number of nitrogens with one attached hydrogen (secondary N) is 2. The van der Waals surface area contributed by atoms with Gasteiger partial charge in [0.25, 0.3) is 5.91 Å². The van der Waals surface area contributed by atoms with Crippen molar-refractivity contribution in [2.75, 3.05) is 6.54 Å². The fraction of sp³-hybridized carbons (Fsp3) is 0.290. The van der Waals surface area contributed by atoms with Gasteiger partial charge in [-0.05, 0) is 36.0 Å². The summed E-state index contributed by atoms with van der Waals surface area (Å²) in [6.07, 6.45) is 2.30. The largest absolute Gasteiger partial charge is 0.349 e. The molecule has 1 heterocycles. The van der Waals surface area contributed by atoms with E-state index in [-0.39, 0.29) is 18.7 Å². The van der Waals surface area contributed by atoms with E-state index in [0.29, 0.717) is 25.9 Å². The summed E-state index contributed by atoms with van der Waals surface area (Å²) in [4.78, 5) is 53.4. The van der Waals surface area contributed by atoms with Crippen LogP contribution in [0.4, 0.5) is 0 Å². The SMILES string of the molecule is O=C(NCCCc1ccccc1)C(=O)C(Cc1ccccc1)NC(=O)[C@@H]1CCC(=O)N1Cc1ccccc1. The van der Waals surface area contributed by atoms with Crippen LogP contribution in [0.2, 0.25) is 0 Å². The van der Waals surface area contributed by atoms with Crippen LogP contribution in [-0.4, -0.2) is 47.0 Å². The van der Waals surface area contributed by atoms with Crippen LogP contribution >= 0.6 is 0 Å². The number of amides is 3. The zero-order valence-electron chi connectivity index (χ0n) is 21.3. The van der Waals surface area contributed by atoms with Gasteiger partial charge in [-0.25, -0.2) is 0 Å². The molecule has 1 saturated heterocycles. The van der Waals surface area contributed by atoms with Crippen LogP contribution in [0.15, 0.2) is 91.0 Å². The number of nitrogens with zero attached hydrogens (tertiary/aromatic N) is 1. The number of likely N-dealkylation sites (tertiary alicyclic amines) is 1. The number of rotatable bonds is 12. The summed E-state index contributed by atoms with van der Waals surface area (Å²) < 4.78 is 0. The molecular weight excluding hydrogens is 478 g/mol. The van der Waals surface area contributed by atoms with Gasteiger partial charge in [-0.3, -0.25) is 19.2 Å². The molecule has 7 nitrogen and oxygen atoms in total. The Labute approximate surface area is 223 Å². The van der Waals surface area contributed by atoms with Gasteiger partial charge in [0, 0.05) is 25.9 Å². The molecular formula is C31H33N3O4. The fourth-order valence-electron chi connectivity index (χ4n) is 4.70. The Morgan fingerprint density at radius 1 is 0.816 bits per heavy atom. The molecule has 1 aliphatic rings. The summed E-state index contributed by atoms with van der Waals surface area (Å²) in [5.41, 5.74) is 2.91. The topological polar surface area (TPSA) is 95.6 Å². The molecule has 3 aromatic rings. The van der Waals surface area contributed by atoms with E-state index in [0.717, 1.165) is 23.1 Å². The van der Waals surface area contributed by atoms with Crippen molar-refractivity contribution in [1.29, 1.82) is 0 Å². The lowest BCUT2D eigenvalue weighted by Gasteiger charge is -2.26. The Kier molecular flexibility index (Phi) is 9.40. The van der Waals surface area contributed by atoms with Crippen LogP contribution in [0.25, 0.3) is 0 Å².